The van der Waals surface area contributed by atoms with Gasteiger partial charge in [-0.2, -0.15) is 0 Å². The van der Waals surface area contributed by atoms with Crippen LogP contribution in [0.2, 0.25) is 0 Å². The van der Waals surface area contributed by atoms with Crippen LogP contribution in [0.4, 0.5) is 0 Å². The summed E-state index contributed by atoms with van der Waals surface area (Å²) in [4.78, 5) is 0. The Morgan fingerprint density at radius 3 is 2.92 bits per heavy atom. The molecular weight excluding hydrogens is 203 g/mol. The fourth-order valence-corrected chi connectivity index (χ4v) is 1.26. The highest BCUT2D eigenvalue weighted by molar-refractivity contribution is 6.21. The first-order valence-electron chi connectivity index (χ1n) is 3.85. The van der Waals surface area contributed by atoms with E-state index in [1.165, 1.54) is 0 Å². The van der Waals surface area contributed by atoms with Crippen molar-refractivity contribution in [3.8, 4) is 0 Å². The van der Waals surface area contributed by atoms with Crippen molar-refractivity contribution in [3.63, 3.8) is 0 Å². The molecule has 0 aliphatic carbocycles. The number of aliphatic hydroxyl groups is 1. The topological polar surface area (TPSA) is 38.7 Å². The Morgan fingerprint density at radius 2 is 2.42 bits per heavy atom. The van der Waals surface area contributed by atoms with Gasteiger partial charge in [-0.3, -0.25) is 0 Å². The molecule has 0 spiro atoms. The van der Waals surface area contributed by atoms with Crippen molar-refractivity contribution in [1.82, 2.24) is 0 Å². The Labute approximate surface area is 81.6 Å². The lowest BCUT2D eigenvalue weighted by Gasteiger charge is -2.15. The molecule has 0 bridgehead atoms. The fourth-order valence-electron chi connectivity index (χ4n) is 0.940. The summed E-state index contributed by atoms with van der Waals surface area (Å²) in [7, 11) is 0. The second-order valence-corrected chi connectivity index (χ2v) is 3.55. The summed E-state index contributed by atoms with van der Waals surface area (Å²) < 4.78 is 10.3. The molecule has 5 heteroatoms. The summed E-state index contributed by atoms with van der Waals surface area (Å²) in [6.45, 7) is 0.799. The summed E-state index contributed by atoms with van der Waals surface area (Å²) in [5.41, 5.74) is 0. The Balaban J connectivity index is 2.13. The zero-order valence-corrected chi connectivity index (χ0v) is 8.09. The number of hydrogen-bond donors (Lipinski definition) is 1. The number of hydrogen-bond acceptors (Lipinski definition) is 3. The molecule has 0 aromatic carbocycles. The maximum Gasteiger partial charge on any atom is 0.173 e. The van der Waals surface area contributed by atoms with Gasteiger partial charge in [-0.15, -0.1) is 23.2 Å². The van der Waals surface area contributed by atoms with Gasteiger partial charge in [-0.25, -0.2) is 0 Å². The lowest BCUT2D eigenvalue weighted by atomic mass is 10.3. The van der Waals surface area contributed by atoms with E-state index in [0.717, 1.165) is 6.42 Å². The summed E-state index contributed by atoms with van der Waals surface area (Å²) in [5, 5.41) is 8.94. The first-order chi connectivity index (χ1) is 5.74. The second-order valence-electron chi connectivity index (χ2n) is 2.69. The van der Waals surface area contributed by atoms with Crippen molar-refractivity contribution in [2.24, 2.45) is 0 Å². The van der Waals surface area contributed by atoms with E-state index < -0.39 is 6.10 Å². The van der Waals surface area contributed by atoms with Crippen LogP contribution in [0.3, 0.4) is 0 Å². The maximum absolute atomic E-state index is 9.05. The lowest BCUT2D eigenvalue weighted by Crippen LogP contribution is -2.26. The Morgan fingerprint density at radius 1 is 1.67 bits per heavy atom. The van der Waals surface area contributed by atoms with Crippen LogP contribution >= 0.6 is 23.2 Å². The smallest absolute Gasteiger partial charge is 0.173 e. The second kappa shape index (κ2) is 5.25. The highest BCUT2D eigenvalue weighted by Crippen LogP contribution is 2.20. The molecule has 3 nitrogen and oxygen atoms in total. The van der Waals surface area contributed by atoms with E-state index in [2.05, 4.69) is 0 Å². The molecule has 3 atom stereocenters. The van der Waals surface area contributed by atoms with Crippen LogP contribution in [0.25, 0.3) is 0 Å². The van der Waals surface area contributed by atoms with E-state index in [9.17, 15) is 0 Å². The molecule has 0 radical (unpaired) electrons. The van der Waals surface area contributed by atoms with E-state index in [-0.39, 0.29) is 24.2 Å². The molecule has 1 rings (SSSR count). The van der Waals surface area contributed by atoms with Crippen LogP contribution in [0.5, 0.6) is 0 Å². The van der Waals surface area contributed by atoms with Crippen LogP contribution in [-0.4, -0.2) is 42.0 Å². The molecule has 1 heterocycles. The molecule has 0 amide bonds. The number of halogens is 2. The zero-order chi connectivity index (χ0) is 8.97. The van der Waals surface area contributed by atoms with Crippen molar-refractivity contribution in [3.05, 3.63) is 0 Å². The van der Waals surface area contributed by atoms with Gasteiger partial charge in [0.25, 0.3) is 0 Å². The van der Waals surface area contributed by atoms with Gasteiger partial charge in [0.1, 0.15) is 0 Å². The Kier molecular flexibility index (Phi) is 4.61. The lowest BCUT2D eigenvalue weighted by molar-refractivity contribution is -0.125. The third-order valence-corrected chi connectivity index (χ3v) is 2.38. The SMILES string of the molecule is OC(CCl)COC1OCCC1Cl. The number of ether oxygens (including phenoxy) is 2. The predicted octanol–water partition coefficient (Wildman–Crippen LogP) is 0.956. The van der Waals surface area contributed by atoms with Crippen molar-refractivity contribution >= 4 is 23.2 Å². The van der Waals surface area contributed by atoms with Gasteiger partial charge in [-0.1, -0.05) is 0 Å². The van der Waals surface area contributed by atoms with Gasteiger partial charge in [0, 0.05) is 0 Å². The van der Waals surface area contributed by atoms with Crippen LogP contribution in [0.15, 0.2) is 0 Å². The Bertz CT molecular complexity index is 134. The molecule has 0 saturated carbocycles. The van der Waals surface area contributed by atoms with Crippen LogP contribution in [0.1, 0.15) is 6.42 Å². The Hall–Kier alpha value is 0.460. The first-order valence-corrected chi connectivity index (χ1v) is 4.82. The molecule has 1 saturated heterocycles. The maximum atomic E-state index is 9.05. The van der Waals surface area contributed by atoms with Crippen molar-refractivity contribution < 1.29 is 14.6 Å². The fraction of sp³-hybridized carbons (Fsp3) is 1.00. The standard InChI is InChI=1S/C7H12Cl2O3/c8-3-5(10)4-12-7-6(9)1-2-11-7/h5-7,10H,1-4H2. The van der Waals surface area contributed by atoms with Gasteiger partial charge in [0.05, 0.1) is 30.6 Å². The highest BCUT2D eigenvalue weighted by atomic mass is 35.5. The third kappa shape index (κ3) is 3.07. The highest BCUT2D eigenvalue weighted by Gasteiger charge is 2.27. The molecule has 0 aromatic rings. The van der Waals surface area contributed by atoms with Gasteiger partial charge in [0.2, 0.25) is 0 Å². The van der Waals surface area contributed by atoms with E-state index in [4.69, 9.17) is 37.8 Å². The van der Waals surface area contributed by atoms with E-state index in [1.807, 2.05) is 0 Å². The van der Waals surface area contributed by atoms with E-state index in [0.29, 0.717) is 6.61 Å². The normalized spacial score (nSPS) is 32.2. The minimum atomic E-state index is -0.639. The third-order valence-electron chi connectivity index (χ3n) is 1.60. The molecule has 1 N–H and O–H groups in total. The van der Waals surface area contributed by atoms with Gasteiger partial charge in [-0.05, 0) is 6.42 Å². The minimum Gasteiger partial charge on any atom is -0.389 e. The van der Waals surface area contributed by atoms with Crippen LogP contribution in [0, 0.1) is 0 Å². The molecule has 12 heavy (non-hydrogen) atoms. The van der Waals surface area contributed by atoms with Crippen molar-refractivity contribution in [1.29, 1.82) is 0 Å². The largest absolute Gasteiger partial charge is 0.389 e. The molecule has 1 aliphatic heterocycles. The average molecular weight is 215 g/mol. The average Bonchev–Trinajstić information content (AvgIpc) is 2.47. The number of rotatable bonds is 4. The summed E-state index contributed by atoms with van der Waals surface area (Å²) in [5.74, 6) is 0.166. The van der Waals surface area contributed by atoms with E-state index in [1.54, 1.807) is 0 Å². The zero-order valence-electron chi connectivity index (χ0n) is 6.58. The van der Waals surface area contributed by atoms with Crippen molar-refractivity contribution in [2.45, 2.75) is 24.2 Å². The summed E-state index contributed by atoms with van der Waals surface area (Å²) in [6.07, 6.45) is -0.229. The monoisotopic (exact) mass is 214 g/mol. The van der Waals surface area contributed by atoms with E-state index >= 15 is 0 Å². The van der Waals surface area contributed by atoms with Crippen molar-refractivity contribution in [2.75, 3.05) is 19.1 Å². The molecule has 1 aliphatic rings. The molecule has 1 fully saturated rings. The van der Waals surface area contributed by atoms with Crippen LogP contribution < -0.4 is 0 Å². The molecule has 3 unspecified atom stereocenters. The van der Waals surface area contributed by atoms with Crippen LogP contribution in [-0.2, 0) is 9.47 Å². The predicted molar refractivity (Wildman–Crippen MR) is 46.7 cm³/mol. The van der Waals surface area contributed by atoms with Gasteiger partial charge >= 0.3 is 0 Å². The summed E-state index contributed by atoms with van der Waals surface area (Å²) in [6, 6.07) is 0. The van der Waals surface area contributed by atoms with Gasteiger partial charge < -0.3 is 14.6 Å². The minimum absolute atomic E-state index is 0.104. The molecular formula is C7H12Cl2O3. The first kappa shape index (κ1) is 10.5. The number of aliphatic hydroxyl groups excluding tert-OH is 1. The molecule has 72 valence electrons. The van der Waals surface area contributed by atoms with Gasteiger partial charge in [0.15, 0.2) is 6.29 Å². The quantitative estimate of drug-likeness (QED) is 0.709. The number of alkyl halides is 2. The molecule has 0 aromatic heterocycles. The summed E-state index contributed by atoms with van der Waals surface area (Å²) >= 11 is 11.2.